The maximum atomic E-state index is 11.4. The van der Waals surface area contributed by atoms with Gasteiger partial charge in [0.05, 0.1) is 6.61 Å². The van der Waals surface area contributed by atoms with Crippen molar-refractivity contribution in [1.82, 2.24) is 4.98 Å². The average molecular weight is 240 g/mol. The molecule has 0 bridgehead atoms. The number of hydrogen-bond acceptors (Lipinski definition) is 5. The number of ether oxygens (including phenoxy) is 1. The van der Waals surface area contributed by atoms with Crippen LogP contribution in [0.3, 0.4) is 0 Å². The molecule has 96 valence electrons. The van der Waals surface area contributed by atoms with Gasteiger partial charge in [-0.1, -0.05) is 13.3 Å². The third-order valence-corrected chi connectivity index (χ3v) is 2.31. The van der Waals surface area contributed by atoms with Crippen LogP contribution in [-0.4, -0.2) is 23.1 Å². The monoisotopic (exact) mass is 240 g/mol. The van der Waals surface area contributed by atoms with Gasteiger partial charge in [0.2, 0.25) is 0 Å². The average Bonchev–Trinajstić information content (AvgIpc) is 2.65. The first-order chi connectivity index (χ1) is 7.98. The minimum absolute atomic E-state index is 0.106. The van der Waals surface area contributed by atoms with Gasteiger partial charge in [0, 0.05) is 5.54 Å². The number of anilines is 1. The number of nitrogens with one attached hydrogen (secondary N) is 1. The highest BCUT2D eigenvalue weighted by molar-refractivity contribution is 5.87. The smallest absolute Gasteiger partial charge is 0.360 e. The predicted octanol–water partition coefficient (Wildman–Crippen LogP) is 2.84. The molecule has 17 heavy (non-hydrogen) atoms. The second-order valence-corrected chi connectivity index (χ2v) is 4.52. The van der Waals surface area contributed by atoms with Crippen LogP contribution < -0.4 is 5.32 Å². The maximum absolute atomic E-state index is 11.4. The first kappa shape index (κ1) is 13.5. The summed E-state index contributed by atoms with van der Waals surface area (Å²) in [4.78, 5) is 15.4. The Bertz CT molecular complexity index is 372. The zero-order valence-corrected chi connectivity index (χ0v) is 10.9. The number of rotatable bonds is 6. The van der Waals surface area contributed by atoms with E-state index >= 15 is 0 Å². The molecule has 0 saturated heterocycles. The predicted molar refractivity (Wildman–Crippen MR) is 65.1 cm³/mol. The summed E-state index contributed by atoms with van der Waals surface area (Å²) in [5, 5.41) is 3.15. The molecule has 1 heterocycles. The molecule has 0 amide bonds. The van der Waals surface area contributed by atoms with Crippen LogP contribution in [-0.2, 0) is 4.74 Å². The van der Waals surface area contributed by atoms with E-state index in [1.54, 1.807) is 6.92 Å². The molecule has 1 aromatic rings. The summed E-state index contributed by atoms with van der Waals surface area (Å²) in [5.41, 5.74) is 0.0904. The van der Waals surface area contributed by atoms with Crippen LogP contribution in [0.15, 0.2) is 10.7 Å². The molecule has 0 aliphatic heterocycles. The summed E-state index contributed by atoms with van der Waals surface area (Å²) < 4.78 is 10.0. The molecule has 0 aromatic carbocycles. The molecule has 0 spiro atoms. The minimum Gasteiger partial charge on any atom is -0.461 e. The third-order valence-electron chi connectivity index (χ3n) is 2.31. The molecule has 0 saturated carbocycles. The number of aromatic nitrogens is 1. The second kappa shape index (κ2) is 5.70. The highest BCUT2D eigenvalue weighted by Crippen LogP contribution is 2.19. The fourth-order valence-electron chi connectivity index (χ4n) is 1.61. The van der Waals surface area contributed by atoms with Gasteiger partial charge < -0.3 is 14.5 Å². The topological polar surface area (TPSA) is 64.4 Å². The Kier molecular flexibility index (Phi) is 4.54. The largest absolute Gasteiger partial charge is 0.461 e. The SMILES string of the molecule is CCCC(C)(C)Nc1nc(C(=O)OCC)co1. The Morgan fingerprint density at radius 3 is 2.82 bits per heavy atom. The number of nitrogens with zero attached hydrogens (tertiary/aromatic N) is 1. The van der Waals surface area contributed by atoms with Crippen LogP contribution in [0.4, 0.5) is 6.01 Å². The van der Waals surface area contributed by atoms with Crippen LogP contribution in [0.1, 0.15) is 51.0 Å². The Morgan fingerprint density at radius 1 is 1.53 bits per heavy atom. The molecule has 5 nitrogen and oxygen atoms in total. The fourth-order valence-corrected chi connectivity index (χ4v) is 1.61. The van der Waals surface area contributed by atoms with E-state index in [0.29, 0.717) is 12.6 Å². The van der Waals surface area contributed by atoms with Crippen molar-refractivity contribution >= 4 is 12.0 Å². The van der Waals surface area contributed by atoms with Gasteiger partial charge in [-0.2, -0.15) is 4.98 Å². The lowest BCUT2D eigenvalue weighted by atomic mass is 9.99. The zero-order chi connectivity index (χ0) is 12.9. The van der Waals surface area contributed by atoms with Gasteiger partial charge in [-0.15, -0.1) is 0 Å². The minimum atomic E-state index is -0.461. The molecule has 1 aromatic heterocycles. The van der Waals surface area contributed by atoms with Crippen LogP contribution in [0.2, 0.25) is 0 Å². The molecular weight excluding hydrogens is 220 g/mol. The molecule has 1 rings (SSSR count). The fraction of sp³-hybridized carbons (Fsp3) is 0.667. The lowest BCUT2D eigenvalue weighted by Crippen LogP contribution is -2.30. The first-order valence-corrected chi connectivity index (χ1v) is 5.89. The highest BCUT2D eigenvalue weighted by atomic mass is 16.5. The lowest BCUT2D eigenvalue weighted by molar-refractivity contribution is 0.0519. The van der Waals surface area contributed by atoms with Crippen molar-refractivity contribution in [3.63, 3.8) is 0 Å². The Labute approximate surface area is 102 Å². The van der Waals surface area contributed by atoms with Gasteiger partial charge >= 0.3 is 5.97 Å². The summed E-state index contributed by atoms with van der Waals surface area (Å²) >= 11 is 0. The van der Waals surface area contributed by atoms with Crippen LogP contribution in [0, 0.1) is 0 Å². The Morgan fingerprint density at radius 2 is 2.24 bits per heavy atom. The molecule has 1 N–H and O–H groups in total. The van der Waals surface area contributed by atoms with E-state index in [4.69, 9.17) is 9.15 Å². The highest BCUT2D eigenvalue weighted by Gasteiger charge is 2.20. The summed E-state index contributed by atoms with van der Waals surface area (Å²) in [5.74, 6) is -0.461. The number of oxazole rings is 1. The van der Waals surface area contributed by atoms with Crippen molar-refractivity contribution < 1.29 is 13.9 Å². The van der Waals surface area contributed by atoms with Crippen molar-refractivity contribution in [3.8, 4) is 0 Å². The van der Waals surface area contributed by atoms with Crippen LogP contribution in [0.5, 0.6) is 0 Å². The standard InChI is InChI=1S/C12H20N2O3/c1-5-7-12(3,4)14-11-13-9(8-17-11)10(15)16-6-2/h8H,5-7H2,1-4H3,(H,13,14). The Balaban J connectivity index is 2.65. The van der Waals surface area contributed by atoms with E-state index < -0.39 is 5.97 Å². The summed E-state index contributed by atoms with van der Waals surface area (Å²) in [6, 6.07) is 0.353. The number of carbonyl (C=O) groups is 1. The van der Waals surface area contributed by atoms with Gasteiger partial charge in [0.25, 0.3) is 6.01 Å². The number of hydrogen-bond donors (Lipinski definition) is 1. The lowest BCUT2D eigenvalue weighted by Gasteiger charge is -2.24. The molecule has 0 radical (unpaired) electrons. The van der Waals surface area contributed by atoms with Crippen molar-refractivity contribution in [2.45, 2.75) is 46.1 Å². The van der Waals surface area contributed by atoms with Crippen molar-refractivity contribution in [3.05, 3.63) is 12.0 Å². The van der Waals surface area contributed by atoms with E-state index in [9.17, 15) is 4.79 Å². The molecular formula is C12H20N2O3. The second-order valence-electron chi connectivity index (χ2n) is 4.52. The molecule has 5 heteroatoms. The maximum Gasteiger partial charge on any atom is 0.360 e. The van der Waals surface area contributed by atoms with Crippen LogP contribution in [0.25, 0.3) is 0 Å². The summed E-state index contributed by atoms with van der Waals surface area (Å²) in [7, 11) is 0. The van der Waals surface area contributed by atoms with Gasteiger partial charge in [-0.3, -0.25) is 0 Å². The van der Waals surface area contributed by atoms with E-state index in [1.165, 1.54) is 6.26 Å². The van der Waals surface area contributed by atoms with Gasteiger partial charge in [-0.05, 0) is 27.2 Å². The molecule has 0 atom stereocenters. The zero-order valence-electron chi connectivity index (χ0n) is 10.9. The first-order valence-electron chi connectivity index (χ1n) is 5.89. The van der Waals surface area contributed by atoms with Crippen molar-refractivity contribution in [1.29, 1.82) is 0 Å². The number of esters is 1. The molecule has 0 fully saturated rings. The van der Waals surface area contributed by atoms with Gasteiger partial charge in [0.1, 0.15) is 6.26 Å². The van der Waals surface area contributed by atoms with E-state index in [0.717, 1.165) is 12.8 Å². The normalized spacial score (nSPS) is 11.3. The number of carbonyl (C=O) groups excluding carboxylic acids is 1. The quantitative estimate of drug-likeness (QED) is 0.774. The summed E-state index contributed by atoms with van der Waals surface area (Å²) in [6.45, 7) is 8.32. The van der Waals surface area contributed by atoms with E-state index in [1.807, 2.05) is 0 Å². The molecule has 0 unspecified atom stereocenters. The van der Waals surface area contributed by atoms with Crippen LogP contribution >= 0.6 is 0 Å². The van der Waals surface area contributed by atoms with Crippen molar-refractivity contribution in [2.24, 2.45) is 0 Å². The van der Waals surface area contributed by atoms with Gasteiger partial charge in [0.15, 0.2) is 5.69 Å². The molecule has 0 aliphatic rings. The van der Waals surface area contributed by atoms with E-state index in [2.05, 4.69) is 31.1 Å². The van der Waals surface area contributed by atoms with Crippen molar-refractivity contribution in [2.75, 3.05) is 11.9 Å². The Hall–Kier alpha value is -1.52. The van der Waals surface area contributed by atoms with Gasteiger partial charge in [-0.25, -0.2) is 4.79 Å². The van der Waals surface area contributed by atoms with E-state index in [-0.39, 0.29) is 11.2 Å². The third kappa shape index (κ3) is 4.09. The molecule has 0 aliphatic carbocycles. The summed E-state index contributed by atoms with van der Waals surface area (Å²) in [6.07, 6.45) is 3.36.